The van der Waals surface area contributed by atoms with Crippen LogP contribution in [0.15, 0.2) is 59.7 Å². The third-order valence-corrected chi connectivity index (χ3v) is 7.19. The Hall–Kier alpha value is -2.95. The van der Waals surface area contributed by atoms with Gasteiger partial charge in [0, 0.05) is 13.1 Å². The van der Waals surface area contributed by atoms with E-state index in [-0.39, 0.29) is 36.4 Å². The summed E-state index contributed by atoms with van der Waals surface area (Å²) in [5, 5.41) is 6.38. The van der Waals surface area contributed by atoms with Crippen molar-refractivity contribution in [2.45, 2.75) is 44.8 Å². The molecule has 1 aliphatic rings. The van der Waals surface area contributed by atoms with Crippen LogP contribution in [0, 0.1) is 0 Å². The second-order valence-corrected chi connectivity index (χ2v) is 10.2. The molecule has 2 aromatic rings. The maximum absolute atomic E-state index is 13.4. The number of sulfonamides is 1. The van der Waals surface area contributed by atoms with Crippen molar-refractivity contribution in [2.24, 2.45) is 10.9 Å². The van der Waals surface area contributed by atoms with Gasteiger partial charge in [-0.2, -0.15) is 5.10 Å². The quantitative estimate of drug-likeness (QED) is 0.248. The highest BCUT2D eigenvalue weighted by Gasteiger charge is 2.38. The van der Waals surface area contributed by atoms with Gasteiger partial charge in [0.2, 0.25) is 21.8 Å². The van der Waals surface area contributed by atoms with Crippen LogP contribution in [-0.2, 0) is 32.6 Å². The van der Waals surface area contributed by atoms with E-state index < -0.39 is 22.1 Å². The van der Waals surface area contributed by atoms with Crippen molar-refractivity contribution >= 4 is 40.5 Å². The molecule has 1 fully saturated rings. The van der Waals surface area contributed by atoms with Crippen LogP contribution in [0.3, 0.4) is 0 Å². The number of halogens is 1. The van der Waals surface area contributed by atoms with Crippen LogP contribution in [0.5, 0.6) is 0 Å². The molecule has 2 atom stereocenters. The number of hydrazone groups is 1. The second-order valence-electron chi connectivity index (χ2n) is 8.19. The highest BCUT2D eigenvalue weighted by atomic mass is 35.5. The number of benzene rings is 2. The molecule has 0 aromatic heterocycles. The monoisotopic (exact) mass is 521 g/mol. The molecule has 0 spiro atoms. The normalized spacial score (nSPS) is 16.6. The van der Waals surface area contributed by atoms with E-state index in [1.165, 1.54) is 18.0 Å². The molecule has 1 aliphatic heterocycles. The van der Waals surface area contributed by atoms with Crippen LogP contribution in [0.25, 0.3) is 0 Å². The van der Waals surface area contributed by atoms with Crippen LogP contribution in [0.1, 0.15) is 36.5 Å². The molecule has 35 heavy (non-hydrogen) atoms. The molecule has 0 bridgehead atoms. The van der Waals surface area contributed by atoms with Gasteiger partial charge < -0.3 is 16.1 Å². The molecule has 4 N–H and O–H groups in total. The number of hydrogen-bond donors (Lipinski definition) is 3. The molecule has 0 aliphatic carbocycles. The average molecular weight is 522 g/mol. The molecule has 0 saturated carbocycles. The summed E-state index contributed by atoms with van der Waals surface area (Å²) in [7, 11) is -3.62. The predicted octanol–water partition coefficient (Wildman–Crippen LogP) is 1.56. The van der Waals surface area contributed by atoms with E-state index in [1.807, 2.05) is 54.6 Å². The number of nitrogens with two attached hydrogens (primary N) is 1. The van der Waals surface area contributed by atoms with E-state index in [0.717, 1.165) is 16.7 Å². The molecule has 3 rings (SSSR count). The first-order valence-electron chi connectivity index (χ1n) is 11.3. The van der Waals surface area contributed by atoms with E-state index in [4.69, 9.17) is 5.84 Å². The fourth-order valence-electron chi connectivity index (χ4n) is 3.95. The van der Waals surface area contributed by atoms with Gasteiger partial charge in [0.1, 0.15) is 12.1 Å². The summed E-state index contributed by atoms with van der Waals surface area (Å²) >= 11 is 0. The van der Waals surface area contributed by atoms with Crippen LogP contribution in [0.2, 0.25) is 0 Å². The largest absolute Gasteiger partial charge is 0.350 e. The average Bonchev–Trinajstić information content (AvgIpc) is 3.33. The van der Waals surface area contributed by atoms with E-state index in [0.29, 0.717) is 25.9 Å². The molecule has 190 valence electrons. The van der Waals surface area contributed by atoms with Crippen LogP contribution in [-0.4, -0.2) is 55.7 Å². The van der Waals surface area contributed by atoms with Crippen molar-refractivity contribution in [1.82, 2.24) is 14.9 Å². The molecule has 2 aromatic carbocycles. The summed E-state index contributed by atoms with van der Waals surface area (Å²) in [4.78, 5) is 27.9. The molecule has 0 radical (unpaired) electrons. The van der Waals surface area contributed by atoms with Gasteiger partial charge in [0.05, 0.1) is 12.0 Å². The Balaban J connectivity index is 0.00000432. The van der Waals surface area contributed by atoms with E-state index in [2.05, 4.69) is 15.1 Å². The molecule has 1 saturated heterocycles. The minimum Gasteiger partial charge on any atom is -0.350 e. The number of nitrogens with zero attached hydrogens (tertiary/aromatic N) is 2. The molecule has 9 nitrogen and oxygen atoms in total. The zero-order chi connectivity index (χ0) is 24.6. The Morgan fingerprint density at radius 1 is 1.14 bits per heavy atom. The third kappa shape index (κ3) is 8.05. The first-order valence-corrected chi connectivity index (χ1v) is 12.9. The van der Waals surface area contributed by atoms with E-state index in [9.17, 15) is 18.0 Å². The summed E-state index contributed by atoms with van der Waals surface area (Å²) in [6, 6.07) is 15.0. The van der Waals surface area contributed by atoms with Gasteiger partial charge in [-0.15, -0.1) is 12.4 Å². The summed E-state index contributed by atoms with van der Waals surface area (Å²) in [6.07, 6.45) is 2.95. The van der Waals surface area contributed by atoms with Crippen molar-refractivity contribution in [3.05, 3.63) is 71.3 Å². The van der Waals surface area contributed by atoms with E-state index >= 15 is 0 Å². The number of rotatable bonds is 10. The molecule has 1 unspecified atom stereocenters. The number of carbonyl (C=O) groups excluding carboxylic acids is 2. The lowest BCUT2D eigenvalue weighted by Gasteiger charge is -2.28. The number of hydrogen-bond acceptors (Lipinski definition) is 6. The maximum Gasteiger partial charge on any atom is 0.243 e. The smallest absolute Gasteiger partial charge is 0.243 e. The molecular weight excluding hydrogens is 490 g/mol. The molecule has 11 heteroatoms. The van der Waals surface area contributed by atoms with Crippen molar-refractivity contribution in [2.75, 3.05) is 12.3 Å². The van der Waals surface area contributed by atoms with Gasteiger partial charge in [0.15, 0.2) is 0 Å². The van der Waals surface area contributed by atoms with Crippen LogP contribution in [0.4, 0.5) is 0 Å². The Morgan fingerprint density at radius 2 is 1.83 bits per heavy atom. The highest BCUT2D eigenvalue weighted by molar-refractivity contribution is 7.89. The Morgan fingerprint density at radius 3 is 2.46 bits per heavy atom. The van der Waals surface area contributed by atoms with Crippen molar-refractivity contribution in [3.8, 4) is 0 Å². The van der Waals surface area contributed by atoms with Gasteiger partial charge in [-0.1, -0.05) is 54.6 Å². The van der Waals surface area contributed by atoms with Crippen LogP contribution >= 0.6 is 12.4 Å². The SMILES string of the molecule is CCS(=O)(=O)NC(Cc1ccccc1)C(=O)N1CCC[C@H]1C(=O)NCc1ccc(C=NN)cc1.Cl. The zero-order valence-electron chi connectivity index (χ0n) is 19.6. The highest BCUT2D eigenvalue weighted by Crippen LogP contribution is 2.20. The van der Waals surface area contributed by atoms with Gasteiger partial charge in [-0.3, -0.25) is 9.59 Å². The molecular formula is C24H32ClN5O4S. The molecule has 2 amide bonds. The minimum atomic E-state index is -3.62. The zero-order valence-corrected chi connectivity index (χ0v) is 21.2. The van der Waals surface area contributed by atoms with Gasteiger partial charge >= 0.3 is 0 Å². The summed E-state index contributed by atoms with van der Waals surface area (Å²) in [6.45, 7) is 2.24. The minimum absolute atomic E-state index is 0. The Bertz CT molecular complexity index is 1110. The maximum atomic E-state index is 13.4. The number of likely N-dealkylation sites (tertiary alicyclic amines) is 1. The summed E-state index contributed by atoms with van der Waals surface area (Å²) < 4.78 is 27.1. The predicted molar refractivity (Wildman–Crippen MR) is 139 cm³/mol. The topological polar surface area (TPSA) is 134 Å². The third-order valence-electron chi connectivity index (χ3n) is 5.79. The van der Waals surface area contributed by atoms with E-state index in [1.54, 1.807) is 0 Å². The molecule has 1 heterocycles. The van der Waals surface area contributed by atoms with Crippen molar-refractivity contribution in [3.63, 3.8) is 0 Å². The number of carbonyl (C=O) groups is 2. The first-order chi connectivity index (χ1) is 16.3. The fraction of sp³-hybridized carbons (Fsp3) is 0.375. The lowest BCUT2D eigenvalue weighted by molar-refractivity contribution is -0.139. The summed E-state index contributed by atoms with van der Waals surface area (Å²) in [5.74, 6) is 4.38. The standard InChI is InChI=1S/C24H31N5O4S.ClH/c1-2-34(32,33)28-21(15-18-7-4-3-5-8-18)24(31)29-14-6-9-22(29)23(30)26-16-19-10-12-20(13-11-19)17-27-25;/h3-5,7-8,10-13,17,21-22,28H,2,6,9,14-16,25H2,1H3,(H,26,30);1H/t21?,22-;/m0./s1. The second kappa shape index (κ2) is 13.2. The lowest BCUT2D eigenvalue weighted by atomic mass is 10.0. The van der Waals surface area contributed by atoms with Gasteiger partial charge in [-0.25, -0.2) is 13.1 Å². The lowest BCUT2D eigenvalue weighted by Crippen LogP contribution is -2.54. The Kier molecular flexibility index (Phi) is 10.7. The van der Waals surface area contributed by atoms with Crippen LogP contribution < -0.4 is 15.9 Å². The fourth-order valence-corrected chi connectivity index (χ4v) is 4.73. The Labute approximate surface area is 212 Å². The van der Waals surface area contributed by atoms with Crippen molar-refractivity contribution < 1.29 is 18.0 Å². The number of nitrogens with one attached hydrogen (secondary N) is 2. The summed E-state index contributed by atoms with van der Waals surface area (Å²) in [5.41, 5.74) is 2.59. The first kappa shape index (κ1) is 28.3. The number of amides is 2. The van der Waals surface area contributed by atoms with Gasteiger partial charge in [0.25, 0.3) is 0 Å². The van der Waals surface area contributed by atoms with Crippen molar-refractivity contribution in [1.29, 1.82) is 0 Å². The van der Waals surface area contributed by atoms with Gasteiger partial charge in [-0.05, 0) is 42.9 Å².